The minimum Gasteiger partial charge on any atom is -0.339 e. The second-order valence-electron chi connectivity index (χ2n) is 3.78. The van der Waals surface area contributed by atoms with Crippen LogP contribution in [-0.2, 0) is 6.18 Å². The number of nitrogens with one attached hydrogen (secondary N) is 1. The van der Waals surface area contributed by atoms with E-state index < -0.39 is 23.4 Å². The average Bonchev–Trinajstić information content (AvgIpc) is 2.45. The predicted molar refractivity (Wildman–Crippen MR) is 83.1 cm³/mol. The lowest BCUT2D eigenvalue weighted by molar-refractivity contribution is -0.137. The molecule has 0 aliphatic carbocycles. The van der Waals surface area contributed by atoms with Crippen molar-refractivity contribution in [2.24, 2.45) is 0 Å². The number of rotatable bonds is 2. The Bertz CT molecular complexity index is 670. The summed E-state index contributed by atoms with van der Waals surface area (Å²) in [5.41, 5.74) is -1.12. The van der Waals surface area contributed by atoms with Crippen molar-refractivity contribution < 1.29 is 17.6 Å². The van der Waals surface area contributed by atoms with Crippen LogP contribution in [0.4, 0.5) is 29.1 Å². The molecule has 0 radical (unpaired) electrons. The summed E-state index contributed by atoms with van der Waals surface area (Å²) in [4.78, 5) is 6.74. The Morgan fingerprint density at radius 1 is 1.04 bits per heavy atom. The number of hydrogen-bond acceptors (Lipinski definition) is 3. The van der Waals surface area contributed by atoms with Crippen LogP contribution in [0.1, 0.15) is 19.4 Å². The normalized spacial score (nSPS) is 10.8. The van der Waals surface area contributed by atoms with E-state index in [1.165, 1.54) is 0 Å². The molecular formula is C13H10Cl3F4N3. The lowest BCUT2D eigenvalue weighted by Crippen LogP contribution is -2.11. The van der Waals surface area contributed by atoms with Crippen molar-refractivity contribution in [3.8, 4) is 0 Å². The molecule has 0 aliphatic heterocycles. The van der Waals surface area contributed by atoms with Crippen LogP contribution < -0.4 is 5.32 Å². The topological polar surface area (TPSA) is 37.8 Å². The second-order valence-corrected chi connectivity index (χ2v) is 4.93. The summed E-state index contributed by atoms with van der Waals surface area (Å²) in [6.45, 7) is 4.00. The highest BCUT2D eigenvalue weighted by Crippen LogP contribution is 2.36. The molecule has 0 spiro atoms. The Hall–Kier alpha value is -1.31. The Balaban J connectivity index is 0.00000127. The Morgan fingerprint density at radius 2 is 1.57 bits per heavy atom. The Labute approximate surface area is 144 Å². The van der Waals surface area contributed by atoms with Crippen LogP contribution >= 0.6 is 34.8 Å². The minimum absolute atomic E-state index is 0.0201. The molecule has 1 heterocycles. The summed E-state index contributed by atoms with van der Waals surface area (Å²) >= 11 is 16.6. The fourth-order valence-electron chi connectivity index (χ4n) is 1.43. The number of aromatic nitrogens is 2. The molecule has 1 aromatic carbocycles. The Kier molecular flexibility index (Phi) is 6.85. The van der Waals surface area contributed by atoms with E-state index in [2.05, 4.69) is 15.3 Å². The average molecular weight is 391 g/mol. The lowest BCUT2D eigenvalue weighted by Gasteiger charge is -2.13. The molecule has 0 aliphatic rings. The minimum atomic E-state index is -4.69. The number of benzene rings is 1. The molecule has 0 saturated heterocycles. The highest BCUT2D eigenvalue weighted by molar-refractivity contribution is 6.35. The van der Waals surface area contributed by atoms with Crippen LogP contribution in [-0.4, -0.2) is 9.97 Å². The van der Waals surface area contributed by atoms with E-state index in [0.717, 1.165) is 12.1 Å². The number of halogens is 7. The van der Waals surface area contributed by atoms with Gasteiger partial charge in [0.25, 0.3) is 0 Å². The van der Waals surface area contributed by atoms with E-state index in [1.54, 1.807) is 0 Å². The van der Waals surface area contributed by atoms with Gasteiger partial charge in [0, 0.05) is 11.9 Å². The van der Waals surface area contributed by atoms with Crippen molar-refractivity contribution in [3.05, 3.63) is 45.0 Å². The fourth-order valence-corrected chi connectivity index (χ4v) is 2.05. The molecular weight excluding hydrogens is 381 g/mol. The van der Waals surface area contributed by atoms with Gasteiger partial charge < -0.3 is 5.32 Å². The summed E-state index contributed by atoms with van der Waals surface area (Å²) < 4.78 is 51.8. The van der Waals surface area contributed by atoms with Crippen molar-refractivity contribution >= 4 is 46.3 Å². The van der Waals surface area contributed by atoms with Gasteiger partial charge in [0.1, 0.15) is 11.4 Å². The molecule has 3 nitrogen and oxygen atoms in total. The van der Waals surface area contributed by atoms with Gasteiger partial charge in [-0.2, -0.15) is 18.2 Å². The first kappa shape index (κ1) is 19.7. The number of hydrogen-bond donors (Lipinski definition) is 1. The van der Waals surface area contributed by atoms with Gasteiger partial charge in [0.2, 0.25) is 5.28 Å². The molecule has 0 amide bonds. The highest BCUT2D eigenvalue weighted by Gasteiger charge is 2.35. The molecule has 1 N–H and O–H groups in total. The summed E-state index contributed by atoms with van der Waals surface area (Å²) in [5, 5.41) is 1.26. The van der Waals surface area contributed by atoms with Crippen LogP contribution in [0.15, 0.2) is 18.3 Å². The van der Waals surface area contributed by atoms with Crippen molar-refractivity contribution in [1.29, 1.82) is 0 Å². The number of nitrogens with zero attached hydrogens (tertiary/aromatic N) is 2. The van der Waals surface area contributed by atoms with Crippen molar-refractivity contribution in [2.45, 2.75) is 20.0 Å². The first-order valence-electron chi connectivity index (χ1n) is 6.20. The largest absolute Gasteiger partial charge is 0.421 e. The first-order chi connectivity index (χ1) is 10.7. The van der Waals surface area contributed by atoms with E-state index >= 15 is 0 Å². The molecule has 2 aromatic rings. The van der Waals surface area contributed by atoms with Gasteiger partial charge in [-0.1, -0.05) is 37.0 Å². The van der Waals surface area contributed by atoms with Gasteiger partial charge in [0.15, 0.2) is 5.82 Å². The molecule has 126 valence electrons. The summed E-state index contributed by atoms with van der Waals surface area (Å²) in [6.07, 6.45) is -4.16. The maximum atomic E-state index is 13.3. The SMILES string of the molecule is CC.Fc1c(Cl)cc(Nc2nc(Cl)ncc2C(F)(F)F)cc1Cl. The molecule has 0 unspecified atom stereocenters. The van der Waals surface area contributed by atoms with Crippen molar-refractivity contribution in [1.82, 2.24) is 9.97 Å². The first-order valence-corrected chi connectivity index (χ1v) is 7.33. The zero-order chi connectivity index (χ0) is 17.8. The molecule has 10 heteroatoms. The smallest absolute Gasteiger partial charge is 0.339 e. The second kappa shape index (κ2) is 7.99. The lowest BCUT2D eigenvalue weighted by atomic mass is 10.2. The van der Waals surface area contributed by atoms with Crippen LogP contribution in [0.5, 0.6) is 0 Å². The van der Waals surface area contributed by atoms with E-state index in [9.17, 15) is 17.6 Å². The monoisotopic (exact) mass is 389 g/mol. The molecule has 0 bridgehead atoms. The van der Waals surface area contributed by atoms with Gasteiger partial charge in [-0.15, -0.1) is 0 Å². The zero-order valence-electron chi connectivity index (χ0n) is 11.8. The van der Waals surface area contributed by atoms with Crippen molar-refractivity contribution in [3.63, 3.8) is 0 Å². The van der Waals surface area contributed by atoms with Gasteiger partial charge >= 0.3 is 6.18 Å². The van der Waals surface area contributed by atoms with Gasteiger partial charge in [-0.05, 0) is 23.7 Å². The third-order valence-corrected chi connectivity index (χ3v) is 3.04. The van der Waals surface area contributed by atoms with E-state index in [-0.39, 0.29) is 21.0 Å². The molecule has 0 fully saturated rings. The van der Waals surface area contributed by atoms with E-state index in [0.29, 0.717) is 6.20 Å². The van der Waals surface area contributed by atoms with Crippen molar-refractivity contribution in [2.75, 3.05) is 5.32 Å². The highest BCUT2D eigenvalue weighted by atomic mass is 35.5. The van der Waals surface area contributed by atoms with Gasteiger partial charge in [-0.25, -0.2) is 9.37 Å². The standard InChI is InChI=1S/C11H4Cl3F4N3.C2H6/c12-6-1-4(2-7(13)8(6)15)20-9-5(11(16,17)18)3-19-10(14)21-9;1-2/h1-3H,(H,19,20,21);1-2H3. The van der Waals surface area contributed by atoms with E-state index in [1.807, 2.05) is 13.8 Å². The fraction of sp³-hybridized carbons (Fsp3) is 0.231. The summed E-state index contributed by atoms with van der Waals surface area (Å²) in [7, 11) is 0. The molecule has 0 saturated carbocycles. The quantitative estimate of drug-likeness (QED) is 0.368. The molecule has 23 heavy (non-hydrogen) atoms. The van der Waals surface area contributed by atoms with Crippen LogP contribution in [0.2, 0.25) is 15.3 Å². The molecule has 1 aromatic heterocycles. The van der Waals surface area contributed by atoms with Gasteiger partial charge in [-0.3, -0.25) is 0 Å². The van der Waals surface area contributed by atoms with Crippen LogP contribution in [0.25, 0.3) is 0 Å². The van der Waals surface area contributed by atoms with Crippen LogP contribution in [0, 0.1) is 5.82 Å². The predicted octanol–water partition coefficient (Wildman–Crippen LogP) is 6.36. The third-order valence-electron chi connectivity index (χ3n) is 2.31. The third kappa shape index (κ3) is 5.09. The number of alkyl halides is 3. The summed E-state index contributed by atoms with van der Waals surface area (Å²) in [6, 6.07) is 2.14. The Morgan fingerprint density at radius 3 is 2.04 bits per heavy atom. The van der Waals surface area contributed by atoms with E-state index in [4.69, 9.17) is 34.8 Å². The maximum Gasteiger partial charge on any atom is 0.421 e. The van der Waals surface area contributed by atoms with Crippen LogP contribution in [0.3, 0.4) is 0 Å². The zero-order valence-corrected chi connectivity index (χ0v) is 14.0. The maximum absolute atomic E-state index is 13.3. The summed E-state index contributed by atoms with van der Waals surface area (Å²) in [5.74, 6) is -1.47. The van der Waals surface area contributed by atoms with Gasteiger partial charge in [0.05, 0.1) is 10.0 Å². The molecule has 0 atom stereocenters. The number of anilines is 2. The molecule has 2 rings (SSSR count).